The molecule has 1 heterocycles. The Morgan fingerprint density at radius 3 is 2.43 bits per heavy atom. The van der Waals surface area contributed by atoms with Crippen molar-refractivity contribution in [2.24, 2.45) is 0 Å². The quantitative estimate of drug-likeness (QED) is 0.850. The van der Waals surface area contributed by atoms with Crippen molar-refractivity contribution in [3.63, 3.8) is 0 Å². The summed E-state index contributed by atoms with van der Waals surface area (Å²) in [6.45, 7) is 5.23. The zero-order chi connectivity index (χ0) is 15.8. The molecule has 2 rings (SSSR count). The number of hydrogen-bond donors (Lipinski definition) is 2. The SMILES string of the molecule is Cc1cc(C(C)NS(=O)(=O)c2cc(N)cc(F)c2)c(C)o1. The van der Waals surface area contributed by atoms with Crippen LogP contribution >= 0.6 is 0 Å². The molecule has 1 unspecified atom stereocenters. The Kier molecular flexibility index (Phi) is 4.06. The van der Waals surface area contributed by atoms with Crippen LogP contribution in [0.3, 0.4) is 0 Å². The van der Waals surface area contributed by atoms with Crippen LogP contribution in [0.15, 0.2) is 33.6 Å². The van der Waals surface area contributed by atoms with Crippen molar-refractivity contribution in [1.82, 2.24) is 4.72 Å². The number of aryl methyl sites for hydroxylation is 2. The summed E-state index contributed by atoms with van der Waals surface area (Å²) < 4.78 is 45.7. The fourth-order valence-electron chi connectivity index (χ4n) is 2.18. The standard InChI is InChI=1S/C14H17FN2O3S/c1-8-4-14(10(3)20-8)9(2)17-21(18,19)13-6-11(15)5-12(16)7-13/h4-7,9,17H,16H2,1-3H3. The van der Waals surface area contributed by atoms with Gasteiger partial charge in [-0.25, -0.2) is 17.5 Å². The number of hydrogen-bond acceptors (Lipinski definition) is 4. The lowest BCUT2D eigenvalue weighted by atomic mass is 10.1. The van der Waals surface area contributed by atoms with E-state index < -0.39 is 21.9 Å². The molecule has 0 bridgehead atoms. The first-order valence-electron chi connectivity index (χ1n) is 6.34. The summed E-state index contributed by atoms with van der Waals surface area (Å²) in [7, 11) is -3.87. The maximum Gasteiger partial charge on any atom is 0.241 e. The Morgan fingerprint density at radius 1 is 1.24 bits per heavy atom. The minimum absolute atomic E-state index is 0.0540. The number of benzene rings is 1. The van der Waals surface area contributed by atoms with Gasteiger partial charge in [-0.05, 0) is 45.0 Å². The molecule has 0 amide bonds. The van der Waals surface area contributed by atoms with Crippen LogP contribution < -0.4 is 10.5 Å². The molecule has 3 N–H and O–H groups in total. The van der Waals surface area contributed by atoms with Crippen LogP contribution in [0.1, 0.15) is 30.0 Å². The third-order valence-corrected chi connectivity index (χ3v) is 4.60. The lowest BCUT2D eigenvalue weighted by Gasteiger charge is -2.14. The number of furan rings is 1. The molecule has 0 spiro atoms. The van der Waals surface area contributed by atoms with Crippen molar-refractivity contribution in [3.05, 3.63) is 47.2 Å². The molecule has 0 radical (unpaired) electrons. The number of anilines is 1. The van der Waals surface area contributed by atoms with Gasteiger partial charge in [0.15, 0.2) is 0 Å². The topological polar surface area (TPSA) is 85.3 Å². The van der Waals surface area contributed by atoms with Crippen molar-refractivity contribution in [3.8, 4) is 0 Å². The largest absolute Gasteiger partial charge is 0.466 e. The Bertz CT molecular complexity index is 748. The minimum Gasteiger partial charge on any atom is -0.466 e. The van der Waals surface area contributed by atoms with Crippen molar-refractivity contribution >= 4 is 15.7 Å². The van der Waals surface area contributed by atoms with E-state index in [-0.39, 0.29) is 10.6 Å². The molecular weight excluding hydrogens is 295 g/mol. The zero-order valence-corrected chi connectivity index (χ0v) is 12.8. The van der Waals surface area contributed by atoms with Gasteiger partial charge in [0, 0.05) is 17.3 Å². The average Bonchev–Trinajstić information content (AvgIpc) is 2.66. The van der Waals surface area contributed by atoms with E-state index in [4.69, 9.17) is 10.2 Å². The minimum atomic E-state index is -3.87. The van der Waals surface area contributed by atoms with Gasteiger partial charge in [0.1, 0.15) is 17.3 Å². The van der Waals surface area contributed by atoms with Crippen molar-refractivity contribution < 1.29 is 17.2 Å². The first-order valence-corrected chi connectivity index (χ1v) is 7.82. The maximum atomic E-state index is 13.3. The molecule has 2 aromatic rings. The van der Waals surface area contributed by atoms with Gasteiger partial charge in [-0.1, -0.05) is 0 Å². The van der Waals surface area contributed by atoms with Crippen molar-refractivity contribution in [2.45, 2.75) is 31.7 Å². The van der Waals surface area contributed by atoms with Crippen LogP contribution in [0.2, 0.25) is 0 Å². The van der Waals surface area contributed by atoms with Gasteiger partial charge in [-0.2, -0.15) is 0 Å². The first kappa shape index (κ1) is 15.5. The third-order valence-electron chi connectivity index (χ3n) is 3.08. The molecule has 1 atom stereocenters. The molecule has 0 aliphatic rings. The Morgan fingerprint density at radius 2 is 1.90 bits per heavy atom. The van der Waals surface area contributed by atoms with E-state index in [9.17, 15) is 12.8 Å². The van der Waals surface area contributed by atoms with Crippen LogP contribution in [0.25, 0.3) is 0 Å². The van der Waals surface area contributed by atoms with Gasteiger partial charge in [0.25, 0.3) is 0 Å². The van der Waals surface area contributed by atoms with Gasteiger partial charge in [-0.3, -0.25) is 0 Å². The maximum absolute atomic E-state index is 13.3. The number of sulfonamides is 1. The summed E-state index contributed by atoms with van der Waals surface area (Å²) >= 11 is 0. The van der Waals surface area contributed by atoms with Crippen LogP contribution in [0, 0.1) is 19.7 Å². The van der Waals surface area contributed by atoms with E-state index in [0.29, 0.717) is 11.5 Å². The molecule has 114 valence electrons. The summed E-state index contributed by atoms with van der Waals surface area (Å²) in [5.74, 6) is 0.642. The lowest BCUT2D eigenvalue weighted by molar-refractivity contribution is 0.496. The highest BCUT2D eigenvalue weighted by Gasteiger charge is 2.22. The van der Waals surface area contributed by atoms with Crippen LogP contribution in [0.5, 0.6) is 0 Å². The molecule has 0 saturated carbocycles. The molecule has 0 aliphatic heterocycles. The molecular formula is C14H17FN2O3S. The van der Waals surface area contributed by atoms with E-state index >= 15 is 0 Å². The van der Waals surface area contributed by atoms with E-state index in [2.05, 4.69) is 4.72 Å². The van der Waals surface area contributed by atoms with Gasteiger partial charge in [0.2, 0.25) is 10.0 Å². The third kappa shape index (κ3) is 3.43. The van der Waals surface area contributed by atoms with Gasteiger partial charge < -0.3 is 10.2 Å². The Balaban J connectivity index is 2.30. The van der Waals surface area contributed by atoms with E-state index in [1.807, 2.05) is 0 Å². The first-order chi connectivity index (χ1) is 9.69. The van der Waals surface area contributed by atoms with Gasteiger partial charge in [-0.15, -0.1) is 0 Å². The molecule has 7 heteroatoms. The molecule has 0 saturated heterocycles. The monoisotopic (exact) mass is 312 g/mol. The molecule has 0 fully saturated rings. The molecule has 1 aromatic heterocycles. The smallest absolute Gasteiger partial charge is 0.241 e. The Hall–Kier alpha value is -1.86. The van der Waals surface area contributed by atoms with Gasteiger partial charge in [0.05, 0.1) is 4.90 Å². The fraction of sp³-hybridized carbons (Fsp3) is 0.286. The van der Waals surface area contributed by atoms with Gasteiger partial charge >= 0.3 is 0 Å². The molecule has 1 aromatic carbocycles. The predicted molar refractivity (Wildman–Crippen MR) is 77.7 cm³/mol. The second-order valence-electron chi connectivity index (χ2n) is 4.93. The number of halogens is 1. The highest BCUT2D eigenvalue weighted by molar-refractivity contribution is 7.89. The van der Waals surface area contributed by atoms with E-state index in [1.165, 1.54) is 6.07 Å². The highest BCUT2D eigenvalue weighted by Crippen LogP contribution is 2.24. The second-order valence-corrected chi connectivity index (χ2v) is 6.65. The van der Waals surface area contributed by atoms with E-state index in [0.717, 1.165) is 17.7 Å². The summed E-state index contributed by atoms with van der Waals surface area (Å²) in [4.78, 5) is -0.204. The van der Waals surface area contributed by atoms with Crippen LogP contribution in [0.4, 0.5) is 10.1 Å². The highest BCUT2D eigenvalue weighted by atomic mass is 32.2. The van der Waals surface area contributed by atoms with E-state index in [1.54, 1.807) is 26.8 Å². The lowest BCUT2D eigenvalue weighted by Crippen LogP contribution is -2.27. The second kappa shape index (κ2) is 5.50. The molecule has 0 aliphatic carbocycles. The average molecular weight is 312 g/mol. The number of nitrogens with one attached hydrogen (secondary N) is 1. The molecule has 21 heavy (non-hydrogen) atoms. The summed E-state index contributed by atoms with van der Waals surface area (Å²) in [5, 5.41) is 0. The van der Waals surface area contributed by atoms with Crippen LogP contribution in [-0.4, -0.2) is 8.42 Å². The summed E-state index contributed by atoms with van der Waals surface area (Å²) in [6, 6.07) is 4.47. The fourth-order valence-corrected chi connectivity index (χ4v) is 3.47. The van der Waals surface area contributed by atoms with Crippen LogP contribution in [-0.2, 0) is 10.0 Å². The normalized spacial score (nSPS) is 13.3. The van der Waals surface area contributed by atoms with Crippen molar-refractivity contribution in [1.29, 1.82) is 0 Å². The Labute approximate surface area is 123 Å². The predicted octanol–water partition coefficient (Wildman–Crippen LogP) is 2.66. The number of nitrogen functional groups attached to an aromatic ring is 1. The zero-order valence-electron chi connectivity index (χ0n) is 12.0. The summed E-state index contributed by atoms with van der Waals surface area (Å²) in [6.07, 6.45) is 0. The van der Waals surface area contributed by atoms with Crippen molar-refractivity contribution in [2.75, 3.05) is 5.73 Å². The number of nitrogens with two attached hydrogens (primary N) is 1. The number of rotatable bonds is 4. The molecule has 5 nitrogen and oxygen atoms in total. The summed E-state index contributed by atoms with van der Waals surface area (Å²) in [5.41, 5.74) is 6.27.